The lowest BCUT2D eigenvalue weighted by Crippen LogP contribution is -2.27. The zero-order valence-electron chi connectivity index (χ0n) is 20.6. The van der Waals surface area contributed by atoms with Crippen LogP contribution < -0.4 is 10.6 Å². The van der Waals surface area contributed by atoms with Crippen LogP contribution in [0.4, 0.5) is 5.69 Å². The molecule has 0 spiro atoms. The van der Waals surface area contributed by atoms with E-state index >= 15 is 0 Å². The largest absolute Gasteiger partial charge is 0.350 e. The Labute approximate surface area is 210 Å². The van der Waals surface area contributed by atoms with Gasteiger partial charge in [0.25, 0.3) is 5.91 Å². The lowest BCUT2D eigenvalue weighted by atomic mass is 10.1. The number of aromatic nitrogens is 1. The maximum absolute atomic E-state index is 12.6. The first-order valence-corrected chi connectivity index (χ1v) is 12.7. The van der Waals surface area contributed by atoms with E-state index in [0.29, 0.717) is 24.4 Å². The summed E-state index contributed by atoms with van der Waals surface area (Å²) in [6, 6.07) is 20.1. The molecule has 6 heteroatoms. The van der Waals surface area contributed by atoms with E-state index in [1.54, 1.807) is 0 Å². The SMILES string of the molecule is Cc1cc(C)cc(C(=O)NCCn2cc(SCC(=O)Nc3ccc(C)cc3C)c3ccccc32)c1. The van der Waals surface area contributed by atoms with Crippen LogP contribution in [-0.2, 0) is 11.3 Å². The molecule has 5 nitrogen and oxygen atoms in total. The number of carbonyl (C=O) groups is 2. The normalized spacial score (nSPS) is 11.0. The Bertz CT molecular complexity index is 1370. The molecule has 0 unspecified atom stereocenters. The van der Waals surface area contributed by atoms with Gasteiger partial charge in [-0.15, -0.1) is 11.8 Å². The van der Waals surface area contributed by atoms with Gasteiger partial charge in [-0.3, -0.25) is 9.59 Å². The summed E-state index contributed by atoms with van der Waals surface area (Å²) in [4.78, 5) is 26.3. The molecule has 1 heterocycles. The first-order valence-electron chi connectivity index (χ1n) is 11.7. The fourth-order valence-corrected chi connectivity index (χ4v) is 5.18. The summed E-state index contributed by atoms with van der Waals surface area (Å²) in [5, 5.41) is 7.16. The molecule has 4 rings (SSSR count). The van der Waals surface area contributed by atoms with E-state index < -0.39 is 0 Å². The molecule has 0 aliphatic heterocycles. The molecular weight excluding hydrogens is 454 g/mol. The van der Waals surface area contributed by atoms with E-state index in [1.807, 2.05) is 64.1 Å². The zero-order chi connectivity index (χ0) is 24.9. The highest BCUT2D eigenvalue weighted by molar-refractivity contribution is 8.00. The Hall–Kier alpha value is -3.51. The first-order chi connectivity index (χ1) is 16.8. The molecule has 0 fully saturated rings. The number of hydrogen-bond donors (Lipinski definition) is 2. The molecule has 0 saturated carbocycles. The molecule has 2 N–H and O–H groups in total. The summed E-state index contributed by atoms with van der Waals surface area (Å²) < 4.78 is 2.14. The first kappa shape index (κ1) is 24.6. The number of rotatable bonds is 8. The summed E-state index contributed by atoms with van der Waals surface area (Å²) in [6.45, 7) is 9.20. The number of amides is 2. The van der Waals surface area contributed by atoms with Gasteiger partial charge in [0, 0.05) is 46.3 Å². The number of nitrogens with one attached hydrogen (secondary N) is 2. The van der Waals surface area contributed by atoms with Crippen molar-refractivity contribution in [3.63, 3.8) is 0 Å². The highest BCUT2D eigenvalue weighted by Gasteiger charge is 2.12. The summed E-state index contributed by atoms with van der Waals surface area (Å²) in [7, 11) is 0. The fraction of sp³-hybridized carbons (Fsp3) is 0.241. The number of para-hydroxylation sites is 1. The molecule has 0 bridgehead atoms. The van der Waals surface area contributed by atoms with Gasteiger partial charge in [-0.05, 0) is 57.5 Å². The summed E-state index contributed by atoms with van der Waals surface area (Å²) in [5.41, 5.74) is 7.01. The Morgan fingerprint density at radius 3 is 2.37 bits per heavy atom. The minimum atomic E-state index is -0.0640. The van der Waals surface area contributed by atoms with Crippen molar-refractivity contribution in [3.8, 4) is 0 Å². The van der Waals surface area contributed by atoms with Crippen LogP contribution in [0, 0.1) is 27.7 Å². The van der Waals surface area contributed by atoms with Gasteiger partial charge in [-0.25, -0.2) is 0 Å². The van der Waals surface area contributed by atoms with E-state index in [-0.39, 0.29) is 11.8 Å². The van der Waals surface area contributed by atoms with Crippen LogP contribution in [0.2, 0.25) is 0 Å². The molecule has 4 aromatic rings. The van der Waals surface area contributed by atoms with Crippen LogP contribution in [-0.4, -0.2) is 28.7 Å². The Morgan fingerprint density at radius 1 is 0.886 bits per heavy atom. The number of nitrogens with zero attached hydrogens (tertiary/aromatic N) is 1. The van der Waals surface area contributed by atoms with Gasteiger partial charge in [0.2, 0.25) is 5.91 Å². The third-order valence-corrected chi connectivity index (χ3v) is 6.93. The van der Waals surface area contributed by atoms with Crippen LogP contribution in [0.1, 0.15) is 32.6 Å². The second-order valence-corrected chi connectivity index (χ2v) is 10.0. The van der Waals surface area contributed by atoms with Crippen molar-refractivity contribution < 1.29 is 9.59 Å². The van der Waals surface area contributed by atoms with E-state index in [4.69, 9.17) is 0 Å². The molecule has 180 valence electrons. The Morgan fingerprint density at radius 2 is 1.63 bits per heavy atom. The predicted octanol–water partition coefficient (Wildman–Crippen LogP) is 6.04. The van der Waals surface area contributed by atoms with Crippen LogP contribution in [0.5, 0.6) is 0 Å². The smallest absolute Gasteiger partial charge is 0.251 e. The average Bonchev–Trinajstić information content (AvgIpc) is 3.16. The van der Waals surface area contributed by atoms with E-state index in [9.17, 15) is 9.59 Å². The second-order valence-electron chi connectivity index (χ2n) is 8.99. The lowest BCUT2D eigenvalue weighted by molar-refractivity contribution is -0.113. The van der Waals surface area contributed by atoms with Gasteiger partial charge >= 0.3 is 0 Å². The maximum Gasteiger partial charge on any atom is 0.251 e. The quantitative estimate of drug-likeness (QED) is 0.299. The number of thioether (sulfide) groups is 1. The number of fused-ring (bicyclic) bond motifs is 1. The molecule has 0 aliphatic rings. The number of carbonyl (C=O) groups excluding carboxylic acids is 2. The Balaban J connectivity index is 1.39. The average molecular weight is 486 g/mol. The molecule has 1 aromatic heterocycles. The number of aryl methyl sites for hydroxylation is 4. The topological polar surface area (TPSA) is 63.1 Å². The van der Waals surface area contributed by atoms with Crippen LogP contribution in [0.15, 0.2) is 71.8 Å². The van der Waals surface area contributed by atoms with E-state index in [0.717, 1.165) is 38.2 Å². The fourth-order valence-electron chi connectivity index (χ4n) is 4.29. The zero-order valence-corrected chi connectivity index (χ0v) is 21.5. The minimum Gasteiger partial charge on any atom is -0.350 e. The molecule has 35 heavy (non-hydrogen) atoms. The number of benzene rings is 3. The molecule has 0 saturated heterocycles. The van der Waals surface area contributed by atoms with E-state index in [2.05, 4.69) is 45.7 Å². The molecule has 0 aliphatic carbocycles. The molecule has 2 amide bonds. The van der Waals surface area contributed by atoms with Gasteiger partial charge in [0.1, 0.15) is 0 Å². The van der Waals surface area contributed by atoms with Crippen LogP contribution in [0.3, 0.4) is 0 Å². The van der Waals surface area contributed by atoms with Crippen molar-refractivity contribution >= 4 is 40.2 Å². The van der Waals surface area contributed by atoms with Gasteiger partial charge in [0.15, 0.2) is 0 Å². The lowest BCUT2D eigenvalue weighted by Gasteiger charge is -2.09. The third kappa shape index (κ3) is 6.14. The monoisotopic (exact) mass is 485 g/mol. The predicted molar refractivity (Wildman–Crippen MR) is 145 cm³/mol. The standard InChI is InChI=1S/C29H31N3O2S/c1-19-9-10-25(22(4)14-19)31-28(33)18-35-27-17-32(26-8-6-5-7-24(26)27)12-11-30-29(34)23-15-20(2)13-21(3)16-23/h5-10,13-17H,11-12,18H2,1-4H3,(H,30,34)(H,31,33). The maximum atomic E-state index is 12.6. The van der Waals surface area contributed by atoms with Crippen LogP contribution in [0.25, 0.3) is 10.9 Å². The van der Waals surface area contributed by atoms with Crippen molar-refractivity contribution in [1.29, 1.82) is 0 Å². The molecular formula is C29H31N3O2S. The Kier molecular flexibility index (Phi) is 7.61. The van der Waals surface area contributed by atoms with Crippen molar-refractivity contribution in [2.45, 2.75) is 39.1 Å². The number of hydrogen-bond acceptors (Lipinski definition) is 3. The van der Waals surface area contributed by atoms with Crippen molar-refractivity contribution in [3.05, 3.63) is 94.7 Å². The highest BCUT2D eigenvalue weighted by atomic mass is 32.2. The van der Waals surface area contributed by atoms with Gasteiger partial charge in [-0.2, -0.15) is 0 Å². The third-order valence-electron chi connectivity index (χ3n) is 5.89. The van der Waals surface area contributed by atoms with Gasteiger partial charge in [0.05, 0.1) is 5.75 Å². The van der Waals surface area contributed by atoms with Crippen molar-refractivity contribution in [2.24, 2.45) is 0 Å². The van der Waals surface area contributed by atoms with Gasteiger partial charge in [-0.1, -0.05) is 53.1 Å². The second kappa shape index (κ2) is 10.8. The van der Waals surface area contributed by atoms with Crippen LogP contribution >= 0.6 is 11.8 Å². The summed E-state index contributed by atoms with van der Waals surface area (Å²) in [5.74, 6) is 0.232. The van der Waals surface area contributed by atoms with Crippen molar-refractivity contribution in [2.75, 3.05) is 17.6 Å². The minimum absolute atomic E-state index is 0.0282. The van der Waals surface area contributed by atoms with Gasteiger partial charge < -0.3 is 15.2 Å². The number of anilines is 1. The molecule has 0 radical (unpaired) electrons. The molecule has 3 aromatic carbocycles. The molecule has 0 atom stereocenters. The van der Waals surface area contributed by atoms with E-state index in [1.165, 1.54) is 17.3 Å². The summed E-state index contributed by atoms with van der Waals surface area (Å²) >= 11 is 1.53. The highest BCUT2D eigenvalue weighted by Crippen LogP contribution is 2.30. The summed E-state index contributed by atoms with van der Waals surface area (Å²) in [6.07, 6.45) is 2.07. The van der Waals surface area contributed by atoms with Crippen molar-refractivity contribution in [1.82, 2.24) is 9.88 Å².